The minimum atomic E-state index is -4.67. The first-order valence-electron chi connectivity index (χ1n) is 13.3. The van der Waals surface area contributed by atoms with Gasteiger partial charge in [-0.2, -0.15) is 23.4 Å². The summed E-state index contributed by atoms with van der Waals surface area (Å²) in [5.41, 5.74) is 0.595. The van der Waals surface area contributed by atoms with E-state index in [1.165, 1.54) is 0 Å². The van der Waals surface area contributed by atoms with Crippen LogP contribution in [-0.4, -0.2) is 77.1 Å². The average Bonchev–Trinajstić information content (AvgIpc) is 3.62. The number of hydrogen-bond acceptors (Lipinski definition) is 6. The van der Waals surface area contributed by atoms with E-state index in [4.69, 9.17) is 0 Å². The van der Waals surface area contributed by atoms with Gasteiger partial charge in [0.2, 0.25) is 5.91 Å². The fourth-order valence-electron chi connectivity index (χ4n) is 6.55. The second kappa shape index (κ2) is 9.32. The van der Waals surface area contributed by atoms with E-state index < -0.39 is 30.7 Å². The highest BCUT2D eigenvalue weighted by molar-refractivity contribution is 5.97. The number of nitrogens with zero attached hydrogens (tertiary/aromatic N) is 4. The summed E-state index contributed by atoms with van der Waals surface area (Å²) in [7, 11) is 0. The number of aryl methyl sites for hydroxylation is 1. The van der Waals surface area contributed by atoms with E-state index >= 15 is 0 Å². The number of hydrogen-bond donors (Lipinski definition) is 4. The lowest BCUT2D eigenvalue weighted by molar-refractivity contribution is -0.270. The Kier molecular flexibility index (Phi) is 6.16. The molecule has 0 aromatic carbocycles. The SMILES string of the molecule is Cc1cc(-c2cc(C(=O)N3[C@@H]4CC[C@H]3C[C@H](C(=O)N[C@H]3CC[C@@](O)(C(F)(F)F)CC3)C4)n[nH]2)c2cn[nH]c2n1. The number of aliphatic hydroxyl groups is 1. The molecular weight excluding hydrogens is 515 g/mol. The number of aromatic amines is 2. The largest absolute Gasteiger partial charge is 0.417 e. The Labute approximate surface area is 221 Å². The number of halogens is 3. The first kappa shape index (κ1) is 25.8. The van der Waals surface area contributed by atoms with Crippen molar-refractivity contribution in [1.29, 1.82) is 0 Å². The minimum absolute atomic E-state index is 0.0789. The minimum Gasteiger partial charge on any atom is -0.380 e. The number of fused-ring (bicyclic) bond motifs is 3. The summed E-state index contributed by atoms with van der Waals surface area (Å²) < 4.78 is 39.3. The van der Waals surface area contributed by atoms with E-state index in [0.29, 0.717) is 29.9 Å². The molecule has 39 heavy (non-hydrogen) atoms. The van der Waals surface area contributed by atoms with Crippen LogP contribution in [0.15, 0.2) is 18.3 Å². The van der Waals surface area contributed by atoms with Crippen LogP contribution in [0, 0.1) is 12.8 Å². The Hall–Kier alpha value is -3.48. The van der Waals surface area contributed by atoms with E-state index in [-0.39, 0.29) is 42.7 Å². The first-order valence-corrected chi connectivity index (χ1v) is 13.3. The van der Waals surface area contributed by atoms with Gasteiger partial charge in [-0.05, 0) is 70.4 Å². The molecule has 10 nitrogen and oxygen atoms in total. The zero-order chi connectivity index (χ0) is 27.5. The summed E-state index contributed by atoms with van der Waals surface area (Å²) in [4.78, 5) is 32.8. The highest BCUT2D eigenvalue weighted by Crippen LogP contribution is 2.43. The number of carbonyl (C=O) groups is 2. The van der Waals surface area contributed by atoms with Crippen molar-refractivity contribution in [2.24, 2.45) is 5.92 Å². The number of carbonyl (C=O) groups excluding carboxylic acids is 2. The molecule has 0 radical (unpaired) electrons. The number of amides is 2. The van der Waals surface area contributed by atoms with Gasteiger partial charge in [-0.15, -0.1) is 0 Å². The first-order chi connectivity index (χ1) is 18.5. The molecule has 3 atom stereocenters. The van der Waals surface area contributed by atoms with Gasteiger partial charge in [0.1, 0.15) is 0 Å². The number of piperidine rings is 1. The molecule has 2 amide bonds. The highest BCUT2D eigenvalue weighted by atomic mass is 19.4. The van der Waals surface area contributed by atoms with Crippen LogP contribution in [0.1, 0.15) is 67.5 Å². The molecule has 208 valence electrons. The normalized spacial score (nSPS) is 29.1. The topological polar surface area (TPSA) is 140 Å². The van der Waals surface area contributed by atoms with Gasteiger partial charge < -0.3 is 15.3 Å². The summed E-state index contributed by atoms with van der Waals surface area (Å²) >= 11 is 0. The molecule has 2 bridgehead atoms. The fraction of sp³-hybridized carbons (Fsp3) is 0.577. The second-order valence-corrected chi connectivity index (χ2v) is 11.2. The van der Waals surface area contributed by atoms with E-state index in [1.54, 1.807) is 12.3 Å². The van der Waals surface area contributed by atoms with Gasteiger partial charge in [0, 0.05) is 40.7 Å². The molecule has 6 rings (SSSR count). The average molecular weight is 546 g/mol. The molecule has 4 N–H and O–H groups in total. The Morgan fingerprint density at radius 2 is 1.79 bits per heavy atom. The number of nitrogens with one attached hydrogen (secondary N) is 3. The Morgan fingerprint density at radius 1 is 1.10 bits per heavy atom. The lowest BCUT2D eigenvalue weighted by atomic mass is 9.81. The molecule has 0 unspecified atom stereocenters. The molecule has 3 aromatic heterocycles. The van der Waals surface area contributed by atoms with Gasteiger partial charge in [0.05, 0.1) is 11.9 Å². The molecular formula is C26H30F3N7O3. The van der Waals surface area contributed by atoms with Gasteiger partial charge in [-0.3, -0.25) is 19.8 Å². The van der Waals surface area contributed by atoms with Crippen molar-refractivity contribution in [3.05, 3.63) is 29.7 Å². The van der Waals surface area contributed by atoms with Crippen LogP contribution < -0.4 is 5.32 Å². The van der Waals surface area contributed by atoms with Crippen LogP contribution in [0.3, 0.4) is 0 Å². The molecule has 2 aliphatic heterocycles. The van der Waals surface area contributed by atoms with Crippen molar-refractivity contribution in [3.63, 3.8) is 0 Å². The quantitative estimate of drug-likeness (QED) is 0.396. The van der Waals surface area contributed by atoms with Gasteiger partial charge in [-0.1, -0.05) is 0 Å². The predicted molar refractivity (Wildman–Crippen MR) is 133 cm³/mol. The molecule has 3 fully saturated rings. The van der Waals surface area contributed by atoms with Crippen molar-refractivity contribution in [3.8, 4) is 11.3 Å². The van der Waals surface area contributed by atoms with Gasteiger partial charge >= 0.3 is 6.18 Å². The van der Waals surface area contributed by atoms with E-state index in [1.807, 2.05) is 17.9 Å². The van der Waals surface area contributed by atoms with Crippen LogP contribution in [0.5, 0.6) is 0 Å². The Morgan fingerprint density at radius 3 is 2.46 bits per heavy atom. The number of aromatic nitrogens is 5. The lowest BCUT2D eigenvalue weighted by Gasteiger charge is -2.40. The summed E-state index contributed by atoms with van der Waals surface area (Å²) in [5, 5.41) is 27.8. The number of pyridine rings is 1. The zero-order valence-corrected chi connectivity index (χ0v) is 21.4. The van der Waals surface area contributed by atoms with Crippen molar-refractivity contribution in [2.75, 3.05) is 0 Å². The van der Waals surface area contributed by atoms with Crippen LogP contribution in [-0.2, 0) is 4.79 Å². The maximum Gasteiger partial charge on any atom is 0.417 e. The lowest BCUT2D eigenvalue weighted by Crippen LogP contribution is -2.53. The fourth-order valence-corrected chi connectivity index (χ4v) is 6.55. The highest BCUT2D eigenvalue weighted by Gasteiger charge is 2.55. The van der Waals surface area contributed by atoms with Crippen molar-refractivity contribution in [2.45, 2.75) is 88.2 Å². The second-order valence-electron chi connectivity index (χ2n) is 11.2. The smallest absolute Gasteiger partial charge is 0.380 e. The maximum absolute atomic E-state index is 13.5. The Balaban J connectivity index is 1.10. The number of rotatable bonds is 4. The third-order valence-electron chi connectivity index (χ3n) is 8.66. The van der Waals surface area contributed by atoms with E-state index in [0.717, 1.165) is 29.5 Å². The summed E-state index contributed by atoms with van der Waals surface area (Å²) in [6.45, 7) is 1.88. The van der Waals surface area contributed by atoms with E-state index in [2.05, 4.69) is 30.7 Å². The van der Waals surface area contributed by atoms with Crippen LogP contribution >= 0.6 is 0 Å². The van der Waals surface area contributed by atoms with Crippen molar-refractivity contribution < 1.29 is 27.9 Å². The van der Waals surface area contributed by atoms with Gasteiger partial charge in [-0.25, -0.2) is 4.98 Å². The molecule has 2 saturated heterocycles. The molecule has 3 aliphatic rings. The third kappa shape index (κ3) is 4.56. The molecule has 13 heteroatoms. The standard InChI is InChI=1S/C26H30F3N7O3/c1-13-8-18(19-12-30-35-22(19)31-13)20-11-21(34-33-20)24(38)36-16-2-3-17(36)10-14(9-16)23(37)32-15-4-6-25(39,7-5-15)26(27,28)29/h8,11-12,14-17,39H,2-7,9-10H2,1H3,(H,32,37)(H,33,34)(H,30,31,35)/t14-,15-,16-,17+,25-. The summed E-state index contributed by atoms with van der Waals surface area (Å²) in [5.74, 6) is -0.670. The summed E-state index contributed by atoms with van der Waals surface area (Å²) in [6.07, 6.45) is -1.08. The molecule has 0 spiro atoms. The molecule has 3 aromatic rings. The van der Waals surface area contributed by atoms with E-state index in [9.17, 15) is 27.9 Å². The predicted octanol–water partition coefficient (Wildman–Crippen LogP) is 3.39. The van der Waals surface area contributed by atoms with Crippen molar-refractivity contribution >= 4 is 22.8 Å². The van der Waals surface area contributed by atoms with Crippen molar-refractivity contribution in [1.82, 2.24) is 35.6 Å². The van der Waals surface area contributed by atoms with Gasteiger partial charge in [0.15, 0.2) is 16.9 Å². The molecule has 1 aliphatic carbocycles. The van der Waals surface area contributed by atoms with Gasteiger partial charge in [0.25, 0.3) is 5.91 Å². The number of H-pyrrole nitrogens is 2. The van der Waals surface area contributed by atoms with Crippen LogP contribution in [0.2, 0.25) is 0 Å². The maximum atomic E-state index is 13.5. The zero-order valence-electron chi connectivity index (χ0n) is 21.4. The monoisotopic (exact) mass is 545 g/mol. The van der Waals surface area contributed by atoms with Crippen LogP contribution in [0.4, 0.5) is 13.2 Å². The summed E-state index contributed by atoms with van der Waals surface area (Å²) in [6, 6.07) is 3.05. The Bertz CT molecular complexity index is 1400. The molecule has 5 heterocycles. The van der Waals surface area contributed by atoms with Crippen LogP contribution in [0.25, 0.3) is 22.3 Å². The molecule has 1 saturated carbocycles. The number of alkyl halides is 3. The third-order valence-corrected chi connectivity index (χ3v) is 8.66.